The first kappa shape index (κ1) is 20.3. The van der Waals surface area contributed by atoms with Crippen LogP contribution in [0.25, 0.3) is 0 Å². The van der Waals surface area contributed by atoms with E-state index in [0.29, 0.717) is 34.1 Å². The topological polar surface area (TPSA) is 77.1 Å². The number of nitrogens with one attached hydrogen (secondary N) is 1. The first-order chi connectivity index (χ1) is 14.0. The zero-order valence-corrected chi connectivity index (χ0v) is 16.9. The minimum atomic E-state index is -0.836. The number of methoxy groups -OCH3 is 2. The number of esters is 1. The second-order valence-corrected chi connectivity index (χ2v) is 6.44. The summed E-state index contributed by atoms with van der Waals surface area (Å²) in [6.07, 6.45) is 0. The van der Waals surface area contributed by atoms with E-state index in [2.05, 4.69) is 5.32 Å². The molecule has 0 spiro atoms. The smallest absolute Gasteiger partial charge is 0.333 e. The van der Waals surface area contributed by atoms with Crippen LogP contribution in [0.2, 0.25) is 0 Å². The van der Waals surface area contributed by atoms with Gasteiger partial charge in [-0.25, -0.2) is 4.79 Å². The molecular formula is C22H24N2O5. The van der Waals surface area contributed by atoms with Gasteiger partial charge in [-0.1, -0.05) is 0 Å². The second-order valence-electron chi connectivity index (χ2n) is 6.44. The molecule has 1 amide bonds. The molecule has 7 heteroatoms. The molecule has 1 aliphatic rings. The zero-order chi connectivity index (χ0) is 21.0. The van der Waals surface area contributed by atoms with E-state index >= 15 is 0 Å². The van der Waals surface area contributed by atoms with Crippen LogP contribution in [0.1, 0.15) is 13.8 Å². The highest BCUT2D eigenvalue weighted by atomic mass is 16.5. The monoisotopic (exact) mass is 396 g/mol. The molecule has 2 aromatic rings. The fourth-order valence-electron chi connectivity index (χ4n) is 3.22. The molecule has 1 aliphatic heterocycles. The Balaban J connectivity index is 1.96. The van der Waals surface area contributed by atoms with Crippen LogP contribution in [0.5, 0.6) is 11.5 Å². The van der Waals surface area contributed by atoms with Gasteiger partial charge in [0.05, 0.1) is 20.8 Å². The van der Waals surface area contributed by atoms with E-state index in [-0.39, 0.29) is 12.5 Å². The molecule has 29 heavy (non-hydrogen) atoms. The molecule has 0 aliphatic carbocycles. The molecule has 0 aromatic heterocycles. The van der Waals surface area contributed by atoms with Crippen molar-refractivity contribution in [1.29, 1.82) is 0 Å². The van der Waals surface area contributed by atoms with Crippen LogP contribution in [-0.2, 0) is 14.3 Å². The lowest BCUT2D eigenvalue weighted by atomic mass is 10.1. The van der Waals surface area contributed by atoms with Crippen molar-refractivity contribution in [3.63, 3.8) is 0 Å². The van der Waals surface area contributed by atoms with Crippen molar-refractivity contribution in [2.75, 3.05) is 31.0 Å². The summed E-state index contributed by atoms with van der Waals surface area (Å²) in [5.74, 6) is 0.597. The summed E-state index contributed by atoms with van der Waals surface area (Å²) < 4.78 is 15.6. The maximum absolute atomic E-state index is 13.3. The standard InChI is InChI=1S/C22H24N2O5/c1-5-29-22(26)20-14(2)19(23-15-6-10-17(27-3)11-7-15)21(25)24(20)16-8-12-18(28-4)13-9-16/h6-13,20,23H,5H2,1-4H3/t20-/m1/s1. The Hall–Kier alpha value is -3.48. The molecule has 0 saturated carbocycles. The Kier molecular flexibility index (Phi) is 6.07. The van der Waals surface area contributed by atoms with Crippen molar-refractivity contribution >= 4 is 23.3 Å². The van der Waals surface area contributed by atoms with Gasteiger partial charge in [0.25, 0.3) is 5.91 Å². The van der Waals surface area contributed by atoms with E-state index in [1.165, 1.54) is 4.90 Å². The molecule has 2 aromatic carbocycles. The summed E-state index contributed by atoms with van der Waals surface area (Å²) in [6.45, 7) is 3.73. The number of carbonyl (C=O) groups is 2. The lowest BCUT2D eigenvalue weighted by Gasteiger charge is -2.24. The minimum absolute atomic E-state index is 0.231. The Bertz CT molecular complexity index is 919. The van der Waals surface area contributed by atoms with E-state index < -0.39 is 12.0 Å². The molecule has 152 valence electrons. The van der Waals surface area contributed by atoms with Crippen LogP contribution in [-0.4, -0.2) is 38.7 Å². The highest BCUT2D eigenvalue weighted by molar-refractivity contribution is 6.16. The Morgan fingerprint density at radius 1 is 1.00 bits per heavy atom. The largest absolute Gasteiger partial charge is 0.497 e. The summed E-state index contributed by atoms with van der Waals surface area (Å²) in [7, 11) is 3.16. The average Bonchev–Trinajstić information content (AvgIpc) is 2.99. The van der Waals surface area contributed by atoms with Gasteiger partial charge < -0.3 is 19.5 Å². The zero-order valence-electron chi connectivity index (χ0n) is 16.9. The number of nitrogens with zero attached hydrogens (tertiary/aromatic N) is 1. The van der Waals surface area contributed by atoms with Gasteiger partial charge in [-0.3, -0.25) is 9.69 Å². The van der Waals surface area contributed by atoms with Gasteiger partial charge in [0.1, 0.15) is 17.2 Å². The lowest BCUT2D eigenvalue weighted by Crippen LogP contribution is -2.42. The number of amides is 1. The predicted molar refractivity (Wildman–Crippen MR) is 110 cm³/mol. The van der Waals surface area contributed by atoms with E-state index in [0.717, 1.165) is 0 Å². The van der Waals surface area contributed by atoms with Crippen molar-refractivity contribution in [2.45, 2.75) is 19.9 Å². The van der Waals surface area contributed by atoms with Crippen molar-refractivity contribution in [1.82, 2.24) is 0 Å². The highest BCUT2D eigenvalue weighted by Crippen LogP contribution is 2.33. The summed E-state index contributed by atoms with van der Waals surface area (Å²) in [5.41, 5.74) is 2.25. The van der Waals surface area contributed by atoms with Crippen LogP contribution in [0, 0.1) is 0 Å². The second kappa shape index (κ2) is 8.68. The van der Waals surface area contributed by atoms with Gasteiger partial charge in [0.2, 0.25) is 0 Å². The molecule has 0 bridgehead atoms. The summed E-state index contributed by atoms with van der Waals surface area (Å²) in [6, 6.07) is 13.3. The molecule has 1 heterocycles. The molecule has 0 radical (unpaired) electrons. The van der Waals surface area contributed by atoms with Gasteiger partial charge in [0.15, 0.2) is 6.04 Å². The van der Waals surface area contributed by atoms with Crippen molar-refractivity contribution in [3.8, 4) is 11.5 Å². The quantitative estimate of drug-likeness (QED) is 0.723. The Labute approximate surface area is 169 Å². The van der Waals surface area contributed by atoms with Crippen LogP contribution < -0.4 is 19.7 Å². The summed E-state index contributed by atoms with van der Waals surface area (Å²) >= 11 is 0. The molecule has 7 nitrogen and oxygen atoms in total. The van der Waals surface area contributed by atoms with E-state index in [1.54, 1.807) is 64.5 Å². The fourth-order valence-corrected chi connectivity index (χ4v) is 3.22. The van der Waals surface area contributed by atoms with Gasteiger partial charge >= 0.3 is 5.97 Å². The van der Waals surface area contributed by atoms with E-state index in [1.807, 2.05) is 12.1 Å². The molecule has 0 saturated heterocycles. The molecule has 1 atom stereocenters. The van der Waals surface area contributed by atoms with Gasteiger partial charge in [-0.15, -0.1) is 0 Å². The number of benzene rings is 2. The van der Waals surface area contributed by atoms with Crippen LogP contribution in [0.4, 0.5) is 11.4 Å². The van der Waals surface area contributed by atoms with Crippen LogP contribution >= 0.6 is 0 Å². The third-order valence-corrected chi connectivity index (χ3v) is 4.72. The molecule has 0 fully saturated rings. The number of anilines is 2. The number of hydrogen-bond donors (Lipinski definition) is 1. The summed E-state index contributed by atoms with van der Waals surface area (Å²) in [5, 5.41) is 3.14. The van der Waals surface area contributed by atoms with Crippen molar-refractivity contribution in [2.24, 2.45) is 0 Å². The van der Waals surface area contributed by atoms with Crippen molar-refractivity contribution < 1.29 is 23.8 Å². The van der Waals surface area contributed by atoms with Gasteiger partial charge in [0, 0.05) is 11.4 Å². The Morgan fingerprint density at radius 3 is 2.07 bits per heavy atom. The fraction of sp³-hybridized carbons (Fsp3) is 0.273. The number of rotatable bonds is 7. The van der Waals surface area contributed by atoms with Crippen LogP contribution in [0.15, 0.2) is 59.8 Å². The third kappa shape index (κ3) is 4.03. The Morgan fingerprint density at radius 2 is 1.55 bits per heavy atom. The van der Waals surface area contributed by atoms with Gasteiger partial charge in [-0.2, -0.15) is 0 Å². The highest BCUT2D eigenvalue weighted by Gasteiger charge is 2.43. The first-order valence-corrected chi connectivity index (χ1v) is 9.26. The molecule has 3 rings (SSSR count). The third-order valence-electron chi connectivity index (χ3n) is 4.72. The van der Waals surface area contributed by atoms with Gasteiger partial charge in [-0.05, 0) is 68.0 Å². The number of ether oxygens (including phenoxy) is 3. The predicted octanol–water partition coefficient (Wildman–Crippen LogP) is 3.37. The van der Waals surface area contributed by atoms with Crippen LogP contribution in [0.3, 0.4) is 0 Å². The number of hydrogen-bond acceptors (Lipinski definition) is 6. The SMILES string of the molecule is CCOC(=O)[C@H]1C(C)=C(Nc2ccc(OC)cc2)C(=O)N1c1ccc(OC)cc1. The maximum atomic E-state index is 13.3. The molecule has 0 unspecified atom stereocenters. The summed E-state index contributed by atoms with van der Waals surface area (Å²) in [4.78, 5) is 27.4. The lowest BCUT2D eigenvalue weighted by molar-refractivity contribution is -0.144. The number of carbonyl (C=O) groups excluding carboxylic acids is 2. The average molecular weight is 396 g/mol. The molecular weight excluding hydrogens is 372 g/mol. The van der Waals surface area contributed by atoms with E-state index in [4.69, 9.17) is 14.2 Å². The first-order valence-electron chi connectivity index (χ1n) is 9.26. The van der Waals surface area contributed by atoms with E-state index in [9.17, 15) is 9.59 Å². The maximum Gasteiger partial charge on any atom is 0.333 e. The molecule has 1 N–H and O–H groups in total. The normalized spacial score (nSPS) is 16.1. The van der Waals surface area contributed by atoms with Crippen molar-refractivity contribution in [3.05, 3.63) is 59.8 Å². The minimum Gasteiger partial charge on any atom is -0.497 e.